The Morgan fingerprint density at radius 1 is 1.00 bits per heavy atom. The Morgan fingerprint density at radius 2 is 1.75 bits per heavy atom. The van der Waals surface area contributed by atoms with E-state index in [-0.39, 0.29) is 24.2 Å². The minimum absolute atomic E-state index is 0.102. The zero-order valence-electron chi connectivity index (χ0n) is 13.2. The van der Waals surface area contributed by atoms with Gasteiger partial charge in [0.2, 0.25) is 17.7 Å². The van der Waals surface area contributed by atoms with Crippen molar-refractivity contribution in [3.8, 4) is 5.75 Å². The summed E-state index contributed by atoms with van der Waals surface area (Å²) in [6.07, 6.45) is -1.29. The van der Waals surface area contributed by atoms with Crippen molar-refractivity contribution in [1.82, 2.24) is 0 Å². The van der Waals surface area contributed by atoms with E-state index < -0.39 is 23.6 Å². The fraction of sp³-hybridized carbons (Fsp3) is 0.211. The van der Waals surface area contributed by atoms with Crippen LogP contribution in [-0.4, -0.2) is 23.6 Å². The number of hydrogen-bond acceptors (Lipinski definition) is 5. The van der Waals surface area contributed by atoms with Crippen molar-refractivity contribution in [2.75, 3.05) is 0 Å². The second kappa shape index (κ2) is 6.66. The maximum atomic E-state index is 12.5. The highest BCUT2D eigenvalue weighted by molar-refractivity contribution is 6.30. The minimum Gasteiger partial charge on any atom is -0.488 e. The first-order chi connectivity index (χ1) is 11.6. The van der Waals surface area contributed by atoms with Crippen molar-refractivity contribution >= 4 is 17.5 Å². The zero-order chi connectivity index (χ0) is 17.1. The molecule has 0 aliphatic heterocycles. The van der Waals surface area contributed by atoms with E-state index in [4.69, 9.17) is 9.47 Å². The van der Waals surface area contributed by atoms with Gasteiger partial charge in [-0.05, 0) is 11.6 Å². The smallest absolute Gasteiger partial charge is 0.306 e. The summed E-state index contributed by atoms with van der Waals surface area (Å²) in [6, 6.07) is 14.3. The molecule has 24 heavy (non-hydrogen) atoms. The molecule has 5 heteroatoms. The van der Waals surface area contributed by atoms with Crippen molar-refractivity contribution in [2.24, 2.45) is 0 Å². The lowest BCUT2D eigenvalue weighted by molar-refractivity contribution is -0.144. The molecule has 1 unspecified atom stereocenters. The summed E-state index contributed by atoms with van der Waals surface area (Å²) < 4.78 is 10.7. The number of ether oxygens (including phenoxy) is 2. The van der Waals surface area contributed by atoms with Gasteiger partial charge in [0.15, 0.2) is 0 Å². The molecule has 5 nitrogen and oxygen atoms in total. The van der Waals surface area contributed by atoms with Gasteiger partial charge in [-0.15, -0.1) is 0 Å². The summed E-state index contributed by atoms with van der Waals surface area (Å²) in [7, 11) is 0. The van der Waals surface area contributed by atoms with Gasteiger partial charge in [-0.2, -0.15) is 0 Å². The minimum atomic E-state index is -1.39. The first-order valence-corrected chi connectivity index (χ1v) is 7.69. The van der Waals surface area contributed by atoms with Crippen LogP contribution in [0.2, 0.25) is 0 Å². The Bertz CT molecular complexity index is 795. The van der Waals surface area contributed by atoms with Gasteiger partial charge in [0, 0.05) is 12.0 Å². The van der Waals surface area contributed by atoms with E-state index >= 15 is 0 Å². The number of esters is 1. The molecule has 0 aromatic heterocycles. The van der Waals surface area contributed by atoms with Crippen LogP contribution in [0.15, 0.2) is 48.5 Å². The van der Waals surface area contributed by atoms with Crippen LogP contribution in [0.1, 0.15) is 39.6 Å². The van der Waals surface area contributed by atoms with Crippen LogP contribution in [0.3, 0.4) is 0 Å². The zero-order valence-corrected chi connectivity index (χ0v) is 13.2. The monoisotopic (exact) mass is 324 g/mol. The molecular formula is C19H16O5. The summed E-state index contributed by atoms with van der Waals surface area (Å²) in [5.74, 6) is -1.28. The molecule has 0 heterocycles. The third kappa shape index (κ3) is 2.93. The van der Waals surface area contributed by atoms with Gasteiger partial charge in [-0.1, -0.05) is 49.4 Å². The van der Waals surface area contributed by atoms with Gasteiger partial charge in [0.25, 0.3) is 0 Å². The van der Waals surface area contributed by atoms with Gasteiger partial charge in [0.1, 0.15) is 12.4 Å². The first-order valence-electron chi connectivity index (χ1n) is 7.69. The summed E-state index contributed by atoms with van der Waals surface area (Å²) in [5.41, 5.74) is 1.37. The van der Waals surface area contributed by atoms with E-state index in [1.165, 1.54) is 0 Å². The SMILES string of the molecule is CCC(=O)OC1C(=O)c2cccc(OCc3ccccc3)c2C1=O. The number of Topliss-reactive ketones (excluding diaryl/α,β-unsaturated/α-hetero) is 2. The van der Waals surface area contributed by atoms with Crippen LogP contribution in [-0.2, 0) is 16.1 Å². The molecule has 3 rings (SSSR count). The number of benzene rings is 2. The third-order valence-electron chi connectivity index (χ3n) is 3.79. The largest absolute Gasteiger partial charge is 0.488 e. The lowest BCUT2D eigenvalue weighted by atomic mass is 10.1. The van der Waals surface area contributed by atoms with E-state index in [2.05, 4.69) is 0 Å². The highest BCUT2D eigenvalue weighted by Crippen LogP contribution is 2.32. The number of hydrogen-bond donors (Lipinski definition) is 0. The van der Waals surface area contributed by atoms with Crippen LogP contribution in [0, 0.1) is 0 Å². The molecule has 0 fully saturated rings. The Hall–Kier alpha value is -2.95. The van der Waals surface area contributed by atoms with Crippen LogP contribution in [0.25, 0.3) is 0 Å². The fourth-order valence-electron chi connectivity index (χ4n) is 2.56. The molecule has 1 aliphatic carbocycles. The van der Waals surface area contributed by atoms with E-state index in [1.54, 1.807) is 25.1 Å². The summed E-state index contributed by atoms with van der Waals surface area (Å²) >= 11 is 0. The molecule has 0 bridgehead atoms. The highest BCUT2D eigenvalue weighted by atomic mass is 16.6. The molecule has 2 aromatic rings. The normalized spacial score (nSPS) is 16.0. The summed E-state index contributed by atoms with van der Waals surface area (Å²) in [4.78, 5) is 36.3. The molecule has 1 atom stereocenters. The van der Waals surface area contributed by atoms with E-state index in [9.17, 15) is 14.4 Å². The second-order valence-electron chi connectivity index (χ2n) is 5.40. The van der Waals surface area contributed by atoms with E-state index in [0.717, 1.165) is 5.56 Å². The van der Waals surface area contributed by atoms with Gasteiger partial charge in [-0.3, -0.25) is 14.4 Å². The lowest BCUT2D eigenvalue weighted by Crippen LogP contribution is -2.28. The maximum absolute atomic E-state index is 12.5. The molecular weight excluding hydrogens is 308 g/mol. The molecule has 0 radical (unpaired) electrons. The van der Waals surface area contributed by atoms with E-state index in [1.807, 2.05) is 30.3 Å². The molecule has 0 saturated carbocycles. The predicted molar refractivity (Wildman–Crippen MR) is 86.0 cm³/mol. The third-order valence-corrected chi connectivity index (χ3v) is 3.79. The Labute approximate surface area is 139 Å². The molecule has 0 saturated heterocycles. The molecule has 0 spiro atoms. The molecule has 2 aromatic carbocycles. The molecule has 1 aliphatic rings. The van der Waals surface area contributed by atoms with Crippen LogP contribution in [0.4, 0.5) is 0 Å². The van der Waals surface area contributed by atoms with Crippen molar-refractivity contribution in [2.45, 2.75) is 26.1 Å². The second-order valence-corrected chi connectivity index (χ2v) is 5.40. The summed E-state index contributed by atoms with van der Waals surface area (Å²) in [5, 5.41) is 0. The standard InChI is InChI=1S/C19H16O5/c1-2-15(20)24-19-17(21)13-9-6-10-14(16(13)18(19)22)23-11-12-7-4-3-5-8-12/h3-10,19H,2,11H2,1H3. The highest BCUT2D eigenvalue weighted by Gasteiger charge is 2.43. The first kappa shape index (κ1) is 15.9. The quantitative estimate of drug-likeness (QED) is 0.625. The maximum Gasteiger partial charge on any atom is 0.306 e. The molecule has 0 N–H and O–H groups in total. The van der Waals surface area contributed by atoms with Crippen LogP contribution in [0.5, 0.6) is 5.75 Å². The average Bonchev–Trinajstić information content (AvgIpc) is 2.86. The van der Waals surface area contributed by atoms with Crippen molar-refractivity contribution < 1.29 is 23.9 Å². The number of fused-ring (bicyclic) bond motifs is 1. The van der Waals surface area contributed by atoms with E-state index in [0.29, 0.717) is 5.75 Å². The average molecular weight is 324 g/mol. The van der Waals surface area contributed by atoms with Crippen molar-refractivity contribution in [3.63, 3.8) is 0 Å². The van der Waals surface area contributed by atoms with Crippen LogP contribution < -0.4 is 4.74 Å². The van der Waals surface area contributed by atoms with Crippen molar-refractivity contribution in [3.05, 3.63) is 65.2 Å². The number of ketones is 2. The molecule has 122 valence electrons. The fourth-order valence-corrected chi connectivity index (χ4v) is 2.56. The topological polar surface area (TPSA) is 69.7 Å². The van der Waals surface area contributed by atoms with Gasteiger partial charge < -0.3 is 9.47 Å². The van der Waals surface area contributed by atoms with Crippen LogP contribution >= 0.6 is 0 Å². The van der Waals surface area contributed by atoms with Gasteiger partial charge in [-0.25, -0.2) is 0 Å². The molecule has 0 amide bonds. The Balaban J connectivity index is 1.85. The lowest BCUT2D eigenvalue weighted by Gasteiger charge is -2.10. The Morgan fingerprint density at radius 3 is 2.46 bits per heavy atom. The predicted octanol–water partition coefficient (Wildman–Crippen LogP) is 2.97. The summed E-state index contributed by atoms with van der Waals surface area (Å²) in [6.45, 7) is 1.88. The van der Waals surface area contributed by atoms with Gasteiger partial charge >= 0.3 is 5.97 Å². The van der Waals surface area contributed by atoms with Gasteiger partial charge in [0.05, 0.1) is 5.56 Å². The number of carbonyl (C=O) groups excluding carboxylic acids is 3. The number of carbonyl (C=O) groups is 3. The number of rotatable bonds is 5. The van der Waals surface area contributed by atoms with Crippen molar-refractivity contribution in [1.29, 1.82) is 0 Å². The Kier molecular flexibility index (Phi) is 4.42.